The Labute approximate surface area is 115 Å². The number of nitrogens with zero attached hydrogens (tertiary/aromatic N) is 1. The highest BCUT2D eigenvalue weighted by molar-refractivity contribution is 5.54. The Balaban J connectivity index is 1.61. The molecule has 1 unspecified atom stereocenters. The van der Waals surface area contributed by atoms with Crippen molar-refractivity contribution in [1.29, 1.82) is 0 Å². The van der Waals surface area contributed by atoms with Crippen molar-refractivity contribution in [2.75, 3.05) is 30.9 Å². The van der Waals surface area contributed by atoms with Gasteiger partial charge in [0.25, 0.3) is 0 Å². The molecule has 1 aliphatic heterocycles. The van der Waals surface area contributed by atoms with E-state index in [9.17, 15) is 0 Å². The molecule has 3 rings (SSSR count). The van der Waals surface area contributed by atoms with E-state index in [2.05, 4.69) is 48.6 Å². The molecule has 1 saturated carbocycles. The summed E-state index contributed by atoms with van der Waals surface area (Å²) in [7, 11) is 4.14. The fourth-order valence-electron chi connectivity index (χ4n) is 3.16. The van der Waals surface area contributed by atoms with E-state index in [0.29, 0.717) is 6.04 Å². The van der Waals surface area contributed by atoms with Crippen LogP contribution in [0, 0.1) is 0 Å². The summed E-state index contributed by atoms with van der Waals surface area (Å²) in [6.45, 7) is 0.910. The highest BCUT2D eigenvalue weighted by Gasteiger charge is 2.42. The van der Waals surface area contributed by atoms with Crippen molar-refractivity contribution < 1.29 is 4.74 Å². The Morgan fingerprint density at radius 1 is 1.21 bits per heavy atom. The number of benzene rings is 1. The van der Waals surface area contributed by atoms with Crippen LogP contribution in [0.15, 0.2) is 24.3 Å². The van der Waals surface area contributed by atoms with Gasteiger partial charge < -0.3 is 15.0 Å². The monoisotopic (exact) mass is 260 g/mol. The Kier molecular flexibility index (Phi) is 3.40. The van der Waals surface area contributed by atoms with Crippen LogP contribution in [0.25, 0.3) is 0 Å². The van der Waals surface area contributed by atoms with Crippen LogP contribution in [0.1, 0.15) is 32.1 Å². The minimum Gasteiger partial charge on any atom is -0.382 e. The van der Waals surface area contributed by atoms with E-state index in [0.717, 1.165) is 13.0 Å². The van der Waals surface area contributed by atoms with E-state index in [1.165, 1.54) is 37.1 Å². The van der Waals surface area contributed by atoms with E-state index >= 15 is 0 Å². The Morgan fingerprint density at radius 3 is 2.53 bits per heavy atom. The standard InChI is InChI=1S/C16H24N2O/c1-18(2)15-6-4-13(5-7-15)17-14-8-11-19-16(12-14)9-3-10-16/h4-7,14,17H,3,8-12H2,1-2H3. The summed E-state index contributed by atoms with van der Waals surface area (Å²) < 4.78 is 5.97. The van der Waals surface area contributed by atoms with Gasteiger partial charge in [-0.25, -0.2) is 0 Å². The SMILES string of the molecule is CN(C)c1ccc(NC2CCOC3(CCC3)C2)cc1. The molecule has 0 radical (unpaired) electrons. The number of hydrogen-bond acceptors (Lipinski definition) is 3. The number of hydrogen-bond donors (Lipinski definition) is 1. The fourth-order valence-corrected chi connectivity index (χ4v) is 3.16. The predicted octanol–water partition coefficient (Wildman–Crippen LogP) is 3.27. The van der Waals surface area contributed by atoms with Crippen LogP contribution < -0.4 is 10.2 Å². The summed E-state index contributed by atoms with van der Waals surface area (Å²) in [5.74, 6) is 0. The number of ether oxygens (including phenoxy) is 1. The summed E-state index contributed by atoms with van der Waals surface area (Å²) in [5.41, 5.74) is 2.69. The van der Waals surface area contributed by atoms with Gasteiger partial charge in [0.05, 0.1) is 5.60 Å². The van der Waals surface area contributed by atoms with Gasteiger partial charge in [0.2, 0.25) is 0 Å². The van der Waals surface area contributed by atoms with Crippen molar-refractivity contribution in [3.05, 3.63) is 24.3 Å². The largest absolute Gasteiger partial charge is 0.382 e. The van der Waals surface area contributed by atoms with E-state index in [-0.39, 0.29) is 5.60 Å². The lowest BCUT2D eigenvalue weighted by atomic mass is 9.74. The zero-order valence-electron chi connectivity index (χ0n) is 12.0. The lowest BCUT2D eigenvalue weighted by Crippen LogP contribution is -2.48. The molecule has 1 aromatic carbocycles. The smallest absolute Gasteiger partial charge is 0.0702 e. The molecule has 1 aliphatic carbocycles. The van der Waals surface area contributed by atoms with E-state index in [1.807, 2.05) is 0 Å². The van der Waals surface area contributed by atoms with Gasteiger partial charge in [0.15, 0.2) is 0 Å². The molecule has 2 fully saturated rings. The highest BCUT2D eigenvalue weighted by Crippen LogP contribution is 2.42. The summed E-state index contributed by atoms with van der Waals surface area (Å²) >= 11 is 0. The second-order valence-electron chi connectivity index (χ2n) is 6.16. The van der Waals surface area contributed by atoms with Gasteiger partial charge in [-0.2, -0.15) is 0 Å². The van der Waals surface area contributed by atoms with Crippen molar-refractivity contribution in [3.8, 4) is 0 Å². The molecule has 3 heteroatoms. The lowest BCUT2D eigenvalue weighted by molar-refractivity contribution is -0.130. The van der Waals surface area contributed by atoms with E-state index in [1.54, 1.807) is 0 Å². The zero-order valence-corrected chi connectivity index (χ0v) is 12.0. The third-order valence-electron chi connectivity index (χ3n) is 4.51. The van der Waals surface area contributed by atoms with Gasteiger partial charge >= 0.3 is 0 Å². The normalized spacial score (nSPS) is 24.8. The molecular weight excluding hydrogens is 236 g/mol. The zero-order chi connectivity index (χ0) is 13.3. The fraction of sp³-hybridized carbons (Fsp3) is 0.625. The van der Waals surface area contributed by atoms with Gasteiger partial charge in [-0.05, 0) is 56.4 Å². The van der Waals surface area contributed by atoms with Crippen LogP contribution in [0.5, 0.6) is 0 Å². The van der Waals surface area contributed by atoms with Gasteiger partial charge in [-0.1, -0.05) is 0 Å². The van der Waals surface area contributed by atoms with Crippen LogP contribution in [-0.2, 0) is 4.74 Å². The first-order valence-corrected chi connectivity index (χ1v) is 7.35. The molecule has 1 heterocycles. The van der Waals surface area contributed by atoms with Crippen molar-refractivity contribution in [3.63, 3.8) is 0 Å². The Bertz CT molecular complexity index is 423. The maximum atomic E-state index is 5.97. The molecular formula is C16H24N2O. The second-order valence-corrected chi connectivity index (χ2v) is 6.16. The predicted molar refractivity (Wildman–Crippen MR) is 79.9 cm³/mol. The van der Waals surface area contributed by atoms with Crippen molar-refractivity contribution in [2.45, 2.75) is 43.7 Å². The van der Waals surface area contributed by atoms with Crippen LogP contribution in [0.4, 0.5) is 11.4 Å². The average molecular weight is 260 g/mol. The van der Waals surface area contributed by atoms with Crippen LogP contribution in [-0.4, -0.2) is 32.3 Å². The molecule has 1 spiro atoms. The maximum Gasteiger partial charge on any atom is 0.0702 e. The van der Waals surface area contributed by atoms with Crippen molar-refractivity contribution in [1.82, 2.24) is 0 Å². The van der Waals surface area contributed by atoms with Crippen molar-refractivity contribution >= 4 is 11.4 Å². The summed E-state index contributed by atoms with van der Waals surface area (Å²) in [6, 6.07) is 9.26. The lowest BCUT2D eigenvalue weighted by Gasteiger charge is -2.47. The third kappa shape index (κ3) is 2.71. The minimum absolute atomic E-state index is 0.222. The van der Waals surface area contributed by atoms with Crippen LogP contribution in [0.2, 0.25) is 0 Å². The summed E-state index contributed by atoms with van der Waals surface area (Å²) in [6.07, 6.45) is 6.14. The molecule has 2 aliphatic rings. The number of nitrogens with one attached hydrogen (secondary N) is 1. The quantitative estimate of drug-likeness (QED) is 0.902. The van der Waals surface area contributed by atoms with Crippen LogP contribution >= 0.6 is 0 Å². The van der Waals surface area contributed by atoms with Crippen LogP contribution in [0.3, 0.4) is 0 Å². The molecule has 0 bridgehead atoms. The van der Waals surface area contributed by atoms with Gasteiger partial charge in [0, 0.05) is 38.1 Å². The molecule has 1 N–H and O–H groups in total. The van der Waals surface area contributed by atoms with Gasteiger partial charge in [-0.15, -0.1) is 0 Å². The first-order valence-electron chi connectivity index (χ1n) is 7.35. The molecule has 3 nitrogen and oxygen atoms in total. The molecule has 1 aromatic rings. The molecule has 104 valence electrons. The van der Waals surface area contributed by atoms with Crippen molar-refractivity contribution in [2.24, 2.45) is 0 Å². The molecule has 0 aromatic heterocycles. The topological polar surface area (TPSA) is 24.5 Å². The first-order chi connectivity index (χ1) is 9.17. The average Bonchev–Trinajstić information content (AvgIpc) is 2.38. The van der Waals surface area contributed by atoms with E-state index < -0.39 is 0 Å². The Morgan fingerprint density at radius 2 is 1.95 bits per heavy atom. The molecule has 19 heavy (non-hydrogen) atoms. The number of rotatable bonds is 3. The van der Waals surface area contributed by atoms with Gasteiger partial charge in [0.1, 0.15) is 0 Å². The summed E-state index contributed by atoms with van der Waals surface area (Å²) in [5, 5.41) is 3.67. The van der Waals surface area contributed by atoms with Gasteiger partial charge in [-0.3, -0.25) is 0 Å². The minimum atomic E-state index is 0.222. The first kappa shape index (κ1) is 12.8. The molecule has 1 saturated heterocycles. The molecule has 1 atom stereocenters. The number of anilines is 2. The highest BCUT2D eigenvalue weighted by atomic mass is 16.5. The second kappa shape index (κ2) is 5.04. The maximum absolute atomic E-state index is 5.97. The van der Waals surface area contributed by atoms with E-state index in [4.69, 9.17) is 4.74 Å². The Hall–Kier alpha value is -1.22. The summed E-state index contributed by atoms with van der Waals surface area (Å²) in [4.78, 5) is 2.13. The molecule has 0 amide bonds. The third-order valence-corrected chi connectivity index (χ3v) is 4.51.